The van der Waals surface area contributed by atoms with Crippen LogP contribution >= 0.6 is 11.3 Å². The Morgan fingerprint density at radius 3 is 2.71 bits per heavy atom. The minimum atomic E-state index is 0.646. The molecule has 0 radical (unpaired) electrons. The first kappa shape index (κ1) is 15.9. The highest BCUT2D eigenvalue weighted by Gasteiger charge is 2.12. The van der Waals surface area contributed by atoms with Crippen molar-refractivity contribution in [2.75, 3.05) is 50.6 Å². The fraction of sp³-hybridized carbons (Fsp3) is 0.533. The summed E-state index contributed by atoms with van der Waals surface area (Å²) in [5, 5.41) is 7.61. The second-order valence-corrected chi connectivity index (χ2v) is 5.95. The molecule has 6 heteroatoms. The van der Waals surface area contributed by atoms with E-state index < -0.39 is 0 Å². The first-order valence-corrected chi connectivity index (χ1v) is 8.16. The molecule has 0 saturated carbocycles. The van der Waals surface area contributed by atoms with Crippen LogP contribution in [0.5, 0.6) is 5.75 Å². The molecule has 5 nitrogen and oxygen atoms in total. The molecule has 0 saturated heterocycles. The second-order valence-electron chi connectivity index (χ2n) is 4.94. The van der Waals surface area contributed by atoms with Gasteiger partial charge < -0.3 is 20.3 Å². The Hall–Kier alpha value is -1.53. The van der Waals surface area contributed by atoms with Crippen molar-refractivity contribution in [2.45, 2.75) is 13.8 Å². The number of nitrogens with zero attached hydrogens (tertiary/aromatic N) is 2. The third kappa shape index (κ3) is 3.98. The lowest BCUT2D eigenvalue weighted by molar-refractivity contribution is 0.318. The van der Waals surface area contributed by atoms with Gasteiger partial charge in [0.15, 0.2) is 5.13 Å². The van der Waals surface area contributed by atoms with Gasteiger partial charge in [-0.1, -0.05) is 18.3 Å². The number of nitrogens with one attached hydrogen (secondary N) is 2. The van der Waals surface area contributed by atoms with E-state index in [1.807, 2.05) is 25.1 Å². The van der Waals surface area contributed by atoms with Gasteiger partial charge in [-0.3, -0.25) is 0 Å². The van der Waals surface area contributed by atoms with Gasteiger partial charge in [-0.25, -0.2) is 4.98 Å². The van der Waals surface area contributed by atoms with Crippen LogP contribution in [0.1, 0.15) is 13.8 Å². The van der Waals surface area contributed by atoms with Crippen LogP contribution in [0.4, 0.5) is 10.8 Å². The predicted molar refractivity (Wildman–Crippen MR) is 92.1 cm³/mol. The van der Waals surface area contributed by atoms with Gasteiger partial charge in [0.25, 0.3) is 0 Å². The summed E-state index contributed by atoms with van der Waals surface area (Å²) in [4.78, 5) is 6.71. The van der Waals surface area contributed by atoms with Crippen molar-refractivity contribution in [2.24, 2.45) is 0 Å². The second kappa shape index (κ2) is 7.47. The Morgan fingerprint density at radius 1 is 1.24 bits per heavy atom. The molecule has 0 aliphatic rings. The molecule has 116 valence electrons. The first-order chi connectivity index (χ1) is 10.2. The molecule has 0 spiro atoms. The van der Waals surface area contributed by atoms with Gasteiger partial charge in [0.05, 0.1) is 4.70 Å². The molecular formula is C15H24N4OS. The Bertz CT molecular complexity index is 582. The number of ether oxygens (including phenoxy) is 1. The van der Waals surface area contributed by atoms with Gasteiger partial charge in [0.1, 0.15) is 17.9 Å². The Morgan fingerprint density at radius 2 is 2.05 bits per heavy atom. The highest BCUT2D eigenvalue weighted by atomic mass is 32.1. The lowest BCUT2D eigenvalue weighted by Crippen LogP contribution is -2.20. The summed E-state index contributed by atoms with van der Waals surface area (Å²) in [5.41, 5.74) is 2.03. The molecule has 0 bridgehead atoms. The summed E-state index contributed by atoms with van der Waals surface area (Å²) in [6.45, 7) is 7.52. The minimum Gasteiger partial charge on any atom is -0.490 e. The van der Waals surface area contributed by atoms with E-state index in [1.165, 1.54) is 0 Å². The highest BCUT2D eigenvalue weighted by Crippen LogP contribution is 2.36. The number of likely N-dealkylation sites (N-methyl/N-ethyl adjacent to an activating group) is 1. The van der Waals surface area contributed by atoms with Crippen LogP contribution in [0, 0.1) is 0 Å². The van der Waals surface area contributed by atoms with Crippen LogP contribution in [0.2, 0.25) is 0 Å². The van der Waals surface area contributed by atoms with Gasteiger partial charge in [-0.05, 0) is 19.5 Å². The minimum absolute atomic E-state index is 0.646. The molecule has 0 atom stereocenters. The van der Waals surface area contributed by atoms with Crippen molar-refractivity contribution in [1.82, 2.24) is 10.3 Å². The Kier molecular flexibility index (Phi) is 5.64. The highest BCUT2D eigenvalue weighted by molar-refractivity contribution is 7.22. The summed E-state index contributed by atoms with van der Waals surface area (Å²) in [5.74, 6) is 0.853. The molecular weight excluding hydrogens is 284 g/mol. The van der Waals surface area contributed by atoms with Crippen LogP contribution in [0.3, 0.4) is 0 Å². The molecule has 0 amide bonds. The average Bonchev–Trinajstić information content (AvgIpc) is 2.88. The van der Waals surface area contributed by atoms with Crippen molar-refractivity contribution >= 4 is 32.4 Å². The predicted octanol–water partition coefficient (Wildman–Crippen LogP) is 2.78. The Balaban J connectivity index is 2.29. The largest absolute Gasteiger partial charge is 0.490 e. The number of aromatic nitrogens is 1. The maximum absolute atomic E-state index is 5.92. The molecule has 2 rings (SSSR count). The molecule has 1 aromatic carbocycles. The summed E-state index contributed by atoms with van der Waals surface area (Å²) >= 11 is 1.68. The molecule has 0 aliphatic heterocycles. The number of hydrogen-bond donors (Lipinski definition) is 2. The lowest BCUT2D eigenvalue weighted by Gasteiger charge is -2.10. The summed E-state index contributed by atoms with van der Waals surface area (Å²) in [7, 11) is 4.02. The summed E-state index contributed by atoms with van der Waals surface area (Å²) < 4.78 is 7.07. The smallest absolute Gasteiger partial charge is 0.186 e. The Labute approximate surface area is 130 Å². The van der Waals surface area contributed by atoms with Gasteiger partial charge in [-0.2, -0.15) is 0 Å². The van der Waals surface area contributed by atoms with Crippen molar-refractivity contribution in [3.8, 4) is 5.75 Å². The van der Waals surface area contributed by atoms with Crippen LogP contribution < -0.4 is 20.3 Å². The van der Waals surface area contributed by atoms with Gasteiger partial charge in [0, 0.05) is 38.9 Å². The number of thiazole rings is 1. The fourth-order valence-electron chi connectivity index (χ4n) is 2.00. The molecule has 2 N–H and O–H groups in total. The SMILES string of the molecule is CCNCCOc1cc(NCC)cc2sc(N(C)C)nc12. The van der Waals surface area contributed by atoms with Crippen LogP contribution in [0.15, 0.2) is 12.1 Å². The quantitative estimate of drug-likeness (QED) is 0.734. The van der Waals surface area contributed by atoms with E-state index in [9.17, 15) is 0 Å². The molecule has 0 unspecified atom stereocenters. The molecule has 1 aromatic heterocycles. The number of rotatable bonds is 8. The van der Waals surface area contributed by atoms with Crippen molar-refractivity contribution in [3.05, 3.63) is 12.1 Å². The number of benzene rings is 1. The van der Waals surface area contributed by atoms with Crippen LogP contribution in [-0.2, 0) is 0 Å². The summed E-state index contributed by atoms with van der Waals surface area (Å²) in [6, 6.07) is 4.18. The van der Waals surface area contributed by atoms with E-state index in [-0.39, 0.29) is 0 Å². The van der Waals surface area contributed by atoms with E-state index in [2.05, 4.69) is 35.5 Å². The van der Waals surface area contributed by atoms with Crippen molar-refractivity contribution < 1.29 is 4.74 Å². The molecule has 21 heavy (non-hydrogen) atoms. The van der Waals surface area contributed by atoms with Gasteiger partial charge in [0.2, 0.25) is 0 Å². The van der Waals surface area contributed by atoms with Crippen LogP contribution in [0.25, 0.3) is 10.2 Å². The van der Waals surface area contributed by atoms with Crippen molar-refractivity contribution in [1.29, 1.82) is 0 Å². The fourth-order valence-corrected chi connectivity index (χ4v) is 2.95. The number of hydrogen-bond acceptors (Lipinski definition) is 6. The molecule has 0 aliphatic carbocycles. The molecule has 2 aromatic rings. The third-order valence-electron chi connectivity index (χ3n) is 3.00. The van der Waals surface area contributed by atoms with E-state index >= 15 is 0 Å². The standard InChI is InChI=1S/C15H24N4OS/c1-5-16-7-8-20-12-9-11(17-6-2)10-13-14(12)18-15(21-13)19(3)4/h9-10,16-17H,5-8H2,1-4H3. The molecule has 1 heterocycles. The van der Waals surface area contributed by atoms with Gasteiger partial charge in [-0.15, -0.1) is 0 Å². The zero-order valence-electron chi connectivity index (χ0n) is 13.2. The zero-order chi connectivity index (χ0) is 15.2. The maximum Gasteiger partial charge on any atom is 0.186 e. The first-order valence-electron chi connectivity index (χ1n) is 7.35. The van der Waals surface area contributed by atoms with E-state index in [0.29, 0.717) is 6.61 Å². The van der Waals surface area contributed by atoms with E-state index in [1.54, 1.807) is 11.3 Å². The summed E-state index contributed by atoms with van der Waals surface area (Å²) in [6.07, 6.45) is 0. The third-order valence-corrected chi connectivity index (χ3v) is 4.17. The van der Waals surface area contributed by atoms with Crippen LogP contribution in [-0.4, -0.2) is 45.3 Å². The monoisotopic (exact) mass is 308 g/mol. The average molecular weight is 308 g/mol. The molecule has 0 fully saturated rings. The van der Waals surface area contributed by atoms with Crippen molar-refractivity contribution in [3.63, 3.8) is 0 Å². The lowest BCUT2D eigenvalue weighted by atomic mass is 10.2. The van der Waals surface area contributed by atoms with Gasteiger partial charge >= 0.3 is 0 Å². The maximum atomic E-state index is 5.92. The number of fused-ring (bicyclic) bond motifs is 1. The normalized spacial score (nSPS) is 10.9. The topological polar surface area (TPSA) is 49.4 Å². The number of anilines is 2. The van der Waals surface area contributed by atoms with E-state index in [0.717, 1.165) is 46.4 Å². The zero-order valence-corrected chi connectivity index (χ0v) is 14.0. The van der Waals surface area contributed by atoms with E-state index in [4.69, 9.17) is 4.74 Å².